The minimum Gasteiger partial charge on any atom is -0.406 e. The Kier molecular flexibility index (Phi) is 4.98. The molecule has 3 rings (SSSR count). The van der Waals surface area contributed by atoms with Crippen LogP contribution in [0.1, 0.15) is 0 Å². The molecule has 1 N–H and O–H groups in total. The van der Waals surface area contributed by atoms with E-state index in [-0.39, 0.29) is 11.7 Å². The van der Waals surface area contributed by atoms with E-state index in [1.807, 2.05) is 0 Å². The third-order valence-electron chi connectivity index (χ3n) is 3.38. The molecule has 2 heterocycles. The van der Waals surface area contributed by atoms with Crippen molar-refractivity contribution in [1.82, 2.24) is 14.6 Å². The molecule has 0 aliphatic carbocycles. The molecule has 8 nitrogen and oxygen atoms in total. The Labute approximate surface area is 156 Å². The Bertz CT molecular complexity index is 1140. The molecule has 0 spiro atoms. The summed E-state index contributed by atoms with van der Waals surface area (Å²) in [6, 6.07) is 8.57. The number of aromatic nitrogens is 3. The van der Waals surface area contributed by atoms with E-state index in [4.69, 9.17) is 0 Å². The van der Waals surface area contributed by atoms with Crippen molar-refractivity contribution in [3.8, 4) is 16.9 Å². The first kappa shape index (κ1) is 19.6. The van der Waals surface area contributed by atoms with Crippen molar-refractivity contribution in [3.05, 3.63) is 42.6 Å². The zero-order valence-corrected chi connectivity index (χ0v) is 15.1. The van der Waals surface area contributed by atoms with E-state index in [0.29, 0.717) is 16.8 Å². The van der Waals surface area contributed by atoms with E-state index in [0.717, 1.165) is 6.26 Å². The molecule has 0 radical (unpaired) electrons. The lowest BCUT2D eigenvalue weighted by atomic mass is 10.1. The highest BCUT2D eigenvalue weighted by Gasteiger charge is 2.31. The van der Waals surface area contributed by atoms with Crippen molar-refractivity contribution in [1.29, 1.82) is 0 Å². The number of rotatable bonds is 5. The van der Waals surface area contributed by atoms with Crippen LogP contribution in [0.4, 0.5) is 19.1 Å². The van der Waals surface area contributed by atoms with Gasteiger partial charge in [-0.1, -0.05) is 12.1 Å². The van der Waals surface area contributed by atoms with Gasteiger partial charge in [-0.15, -0.1) is 18.3 Å². The number of ether oxygens (including phenoxy) is 1. The maximum Gasteiger partial charge on any atom is 0.573 e. The number of sulfone groups is 1. The SMILES string of the molecule is CS(=O)(=O)CC(=O)Nc1nc2ccc(-c3cccc(OC(F)(F)F)c3)cn2n1. The molecule has 148 valence electrons. The minimum atomic E-state index is -4.80. The first-order valence-corrected chi connectivity index (χ1v) is 9.75. The fourth-order valence-corrected chi connectivity index (χ4v) is 2.93. The van der Waals surface area contributed by atoms with Crippen LogP contribution in [0.2, 0.25) is 0 Å². The van der Waals surface area contributed by atoms with Crippen LogP contribution in [0.3, 0.4) is 0 Å². The van der Waals surface area contributed by atoms with Crippen molar-refractivity contribution >= 4 is 27.3 Å². The Morgan fingerprint density at radius 2 is 1.96 bits per heavy atom. The molecule has 0 saturated carbocycles. The van der Waals surface area contributed by atoms with Gasteiger partial charge < -0.3 is 4.74 Å². The Balaban J connectivity index is 1.85. The molecule has 0 bridgehead atoms. The lowest BCUT2D eigenvalue weighted by molar-refractivity contribution is -0.274. The van der Waals surface area contributed by atoms with Gasteiger partial charge in [0, 0.05) is 18.0 Å². The molecular formula is C16H13F3N4O4S. The van der Waals surface area contributed by atoms with Gasteiger partial charge in [0.25, 0.3) is 0 Å². The second-order valence-corrected chi connectivity index (χ2v) is 7.99. The number of nitrogens with one attached hydrogen (secondary N) is 1. The smallest absolute Gasteiger partial charge is 0.406 e. The summed E-state index contributed by atoms with van der Waals surface area (Å²) < 4.78 is 64.6. The molecular weight excluding hydrogens is 401 g/mol. The number of alkyl halides is 3. The standard InChI is InChI=1S/C16H13F3N4O4S/c1-28(25,26)9-14(24)21-15-20-13-6-5-11(8-23(13)22-15)10-3-2-4-12(7-10)27-16(17,18)19/h2-8H,9H2,1H3,(H,21,22,24). The number of carbonyl (C=O) groups is 1. The maximum absolute atomic E-state index is 12.4. The predicted octanol–water partition coefficient (Wildman–Crippen LogP) is 2.28. The fourth-order valence-electron chi connectivity index (χ4n) is 2.38. The molecule has 0 atom stereocenters. The van der Waals surface area contributed by atoms with Crippen LogP contribution in [0.15, 0.2) is 42.6 Å². The largest absolute Gasteiger partial charge is 0.573 e. The van der Waals surface area contributed by atoms with Crippen LogP contribution in [-0.4, -0.2) is 47.3 Å². The van der Waals surface area contributed by atoms with Crippen molar-refractivity contribution in [2.24, 2.45) is 0 Å². The van der Waals surface area contributed by atoms with Crippen LogP contribution in [-0.2, 0) is 14.6 Å². The van der Waals surface area contributed by atoms with E-state index in [1.165, 1.54) is 28.9 Å². The van der Waals surface area contributed by atoms with Crippen LogP contribution in [0.5, 0.6) is 5.75 Å². The Morgan fingerprint density at radius 3 is 2.64 bits per heavy atom. The number of amides is 1. The van der Waals surface area contributed by atoms with Gasteiger partial charge in [-0.25, -0.2) is 12.9 Å². The summed E-state index contributed by atoms with van der Waals surface area (Å²) >= 11 is 0. The molecule has 1 amide bonds. The fraction of sp³-hybridized carbons (Fsp3) is 0.188. The van der Waals surface area contributed by atoms with Gasteiger partial charge in [-0.3, -0.25) is 10.1 Å². The lowest BCUT2D eigenvalue weighted by Crippen LogP contribution is -2.22. The molecule has 0 saturated heterocycles. The average molecular weight is 414 g/mol. The number of halogens is 3. The van der Waals surface area contributed by atoms with Gasteiger partial charge in [0.2, 0.25) is 11.9 Å². The zero-order valence-electron chi connectivity index (χ0n) is 14.3. The molecule has 1 aromatic carbocycles. The highest BCUT2D eigenvalue weighted by atomic mass is 32.2. The van der Waals surface area contributed by atoms with Gasteiger partial charge in [0.15, 0.2) is 15.5 Å². The van der Waals surface area contributed by atoms with Gasteiger partial charge in [-0.05, 0) is 29.8 Å². The normalized spacial score (nSPS) is 12.1. The maximum atomic E-state index is 12.4. The summed E-state index contributed by atoms with van der Waals surface area (Å²) in [5, 5.41) is 6.29. The summed E-state index contributed by atoms with van der Waals surface area (Å²) in [4.78, 5) is 15.7. The third kappa shape index (κ3) is 5.19. The summed E-state index contributed by atoms with van der Waals surface area (Å²) in [6.07, 6.45) is -2.37. The van der Waals surface area contributed by atoms with Gasteiger partial charge in [0.1, 0.15) is 11.5 Å². The number of anilines is 1. The predicted molar refractivity (Wildman–Crippen MR) is 93.4 cm³/mol. The molecule has 2 aromatic heterocycles. The monoisotopic (exact) mass is 414 g/mol. The molecule has 12 heteroatoms. The highest BCUT2D eigenvalue weighted by molar-refractivity contribution is 7.91. The van der Waals surface area contributed by atoms with Crippen molar-refractivity contribution in [3.63, 3.8) is 0 Å². The van der Waals surface area contributed by atoms with Crippen LogP contribution in [0, 0.1) is 0 Å². The number of nitrogens with zero attached hydrogens (tertiary/aromatic N) is 3. The van der Waals surface area contributed by atoms with Gasteiger partial charge in [0.05, 0.1) is 0 Å². The number of hydrogen-bond donors (Lipinski definition) is 1. The van der Waals surface area contributed by atoms with Crippen molar-refractivity contribution < 1.29 is 31.1 Å². The molecule has 0 unspecified atom stereocenters. The molecule has 0 aliphatic heterocycles. The topological polar surface area (TPSA) is 103 Å². The number of benzene rings is 1. The summed E-state index contributed by atoms with van der Waals surface area (Å²) in [6.45, 7) is 0. The quantitative estimate of drug-likeness (QED) is 0.687. The first-order valence-electron chi connectivity index (χ1n) is 7.69. The van der Waals surface area contributed by atoms with Crippen molar-refractivity contribution in [2.75, 3.05) is 17.3 Å². The molecule has 0 fully saturated rings. The molecule has 3 aromatic rings. The van der Waals surface area contributed by atoms with E-state index in [9.17, 15) is 26.4 Å². The van der Waals surface area contributed by atoms with Gasteiger partial charge in [-0.2, -0.15) is 4.98 Å². The minimum absolute atomic E-state index is 0.0973. The molecule has 28 heavy (non-hydrogen) atoms. The Hall–Kier alpha value is -3.15. The average Bonchev–Trinajstić information content (AvgIpc) is 2.92. The number of hydrogen-bond acceptors (Lipinski definition) is 6. The summed E-state index contributed by atoms with van der Waals surface area (Å²) in [5.41, 5.74) is 1.32. The Morgan fingerprint density at radius 1 is 1.21 bits per heavy atom. The van der Waals surface area contributed by atoms with Gasteiger partial charge >= 0.3 is 6.36 Å². The van der Waals surface area contributed by atoms with E-state index in [1.54, 1.807) is 18.2 Å². The second kappa shape index (κ2) is 7.11. The van der Waals surface area contributed by atoms with E-state index in [2.05, 4.69) is 20.1 Å². The summed E-state index contributed by atoms with van der Waals surface area (Å²) in [7, 11) is -3.50. The number of pyridine rings is 1. The van der Waals surface area contributed by atoms with E-state index >= 15 is 0 Å². The third-order valence-corrected chi connectivity index (χ3v) is 4.16. The van der Waals surface area contributed by atoms with Crippen LogP contribution >= 0.6 is 0 Å². The second-order valence-electron chi connectivity index (χ2n) is 5.85. The van der Waals surface area contributed by atoms with Crippen LogP contribution < -0.4 is 10.1 Å². The number of carbonyl (C=O) groups excluding carboxylic acids is 1. The highest BCUT2D eigenvalue weighted by Crippen LogP contribution is 2.28. The molecule has 0 aliphatic rings. The van der Waals surface area contributed by atoms with Crippen LogP contribution in [0.25, 0.3) is 16.8 Å². The zero-order chi connectivity index (χ0) is 20.5. The first-order chi connectivity index (χ1) is 13.0. The number of fused-ring (bicyclic) bond motifs is 1. The summed E-state index contributed by atoms with van der Waals surface area (Å²) in [5.74, 6) is -1.95. The van der Waals surface area contributed by atoms with E-state index < -0.39 is 27.9 Å². The van der Waals surface area contributed by atoms with Crippen molar-refractivity contribution in [2.45, 2.75) is 6.36 Å². The lowest BCUT2D eigenvalue weighted by Gasteiger charge is -2.10.